The van der Waals surface area contributed by atoms with Crippen LogP contribution in [-0.2, 0) is 0 Å². The van der Waals surface area contributed by atoms with Gasteiger partial charge in [-0.15, -0.1) is 0 Å². The van der Waals surface area contributed by atoms with E-state index in [1.54, 1.807) is 13.2 Å². The number of carbonyl (C=O) groups excluding carboxylic acids is 1. The molecule has 2 aromatic rings. The van der Waals surface area contributed by atoms with Gasteiger partial charge in [0.2, 0.25) is 12.5 Å². The van der Waals surface area contributed by atoms with Gasteiger partial charge in [-0.1, -0.05) is 6.92 Å². The Morgan fingerprint density at radius 1 is 1.17 bits per heavy atom. The number of ether oxygens (including phenoxy) is 4. The van der Waals surface area contributed by atoms with Crippen LogP contribution in [0.3, 0.4) is 0 Å². The van der Waals surface area contributed by atoms with Crippen LogP contribution < -0.4 is 18.9 Å². The van der Waals surface area contributed by atoms with Gasteiger partial charge in [0, 0.05) is 22.6 Å². The fourth-order valence-electron chi connectivity index (χ4n) is 3.18. The maximum absolute atomic E-state index is 11.0. The van der Waals surface area contributed by atoms with Crippen molar-refractivity contribution in [3.8, 4) is 23.0 Å². The molecule has 0 aliphatic carbocycles. The molecule has 2 atom stereocenters. The van der Waals surface area contributed by atoms with E-state index in [1.807, 2.05) is 24.3 Å². The van der Waals surface area contributed by atoms with Gasteiger partial charge < -0.3 is 18.9 Å². The number of rotatable bonds is 3. The topological polar surface area (TPSA) is 54.0 Å². The third-order valence-corrected chi connectivity index (χ3v) is 4.38. The Morgan fingerprint density at radius 2 is 2.04 bits per heavy atom. The molecule has 0 aromatic heterocycles. The summed E-state index contributed by atoms with van der Waals surface area (Å²) in [5.74, 6) is 2.86. The SMILES string of the molecule is COc1cc([C@H]2Oc3ccc(C=O)cc3[C@@H]2C)cc2c1OCO2. The van der Waals surface area contributed by atoms with E-state index in [1.165, 1.54) is 0 Å². The second-order valence-corrected chi connectivity index (χ2v) is 5.70. The maximum atomic E-state index is 11.0. The predicted octanol–water partition coefficient (Wildman–Crippen LogP) is 3.47. The minimum atomic E-state index is -0.157. The number of methoxy groups -OCH3 is 1. The first-order chi connectivity index (χ1) is 11.2. The van der Waals surface area contributed by atoms with Crippen LogP contribution in [-0.4, -0.2) is 20.2 Å². The molecule has 118 valence electrons. The van der Waals surface area contributed by atoms with Crippen LogP contribution >= 0.6 is 0 Å². The first kappa shape index (κ1) is 13.9. The van der Waals surface area contributed by atoms with Gasteiger partial charge in [0.15, 0.2) is 11.5 Å². The van der Waals surface area contributed by atoms with Crippen molar-refractivity contribution in [1.29, 1.82) is 0 Å². The molecule has 0 amide bonds. The average molecular weight is 312 g/mol. The summed E-state index contributed by atoms with van der Waals surface area (Å²) in [4.78, 5) is 11.0. The molecule has 2 aromatic carbocycles. The average Bonchev–Trinajstić information content (AvgIpc) is 3.18. The molecule has 0 radical (unpaired) electrons. The highest BCUT2D eigenvalue weighted by molar-refractivity contribution is 5.76. The third-order valence-electron chi connectivity index (χ3n) is 4.38. The quantitative estimate of drug-likeness (QED) is 0.812. The second-order valence-electron chi connectivity index (χ2n) is 5.70. The summed E-state index contributed by atoms with van der Waals surface area (Å²) in [6.45, 7) is 2.28. The zero-order valence-corrected chi connectivity index (χ0v) is 12.9. The van der Waals surface area contributed by atoms with Gasteiger partial charge in [-0.3, -0.25) is 4.79 Å². The van der Waals surface area contributed by atoms with Crippen LogP contribution in [0.25, 0.3) is 0 Å². The van der Waals surface area contributed by atoms with Crippen LogP contribution in [0, 0.1) is 0 Å². The lowest BCUT2D eigenvalue weighted by molar-refractivity contribution is 0.112. The summed E-state index contributed by atoms with van der Waals surface area (Å²) in [5, 5.41) is 0. The van der Waals surface area contributed by atoms with E-state index >= 15 is 0 Å². The molecule has 5 heteroatoms. The smallest absolute Gasteiger partial charge is 0.231 e. The summed E-state index contributed by atoms with van der Waals surface area (Å²) in [6.07, 6.45) is 0.694. The number of aldehydes is 1. The van der Waals surface area contributed by atoms with Crippen molar-refractivity contribution in [1.82, 2.24) is 0 Å². The molecule has 5 nitrogen and oxygen atoms in total. The molecule has 0 spiro atoms. The van der Waals surface area contributed by atoms with Gasteiger partial charge in [-0.25, -0.2) is 0 Å². The molecule has 0 unspecified atom stereocenters. The van der Waals surface area contributed by atoms with Crippen molar-refractivity contribution in [3.63, 3.8) is 0 Å². The fourth-order valence-corrected chi connectivity index (χ4v) is 3.18. The molecular formula is C18H16O5. The summed E-state index contributed by atoms with van der Waals surface area (Å²) in [7, 11) is 1.60. The molecule has 23 heavy (non-hydrogen) atoms. The van der Waals surface area contributed by atoms with E-state index in [4.69, 9.17) is 18.9 Å². The van der Waals surface area contributed by atoms with E-state index in [0.717, 1.165) is 23.2 Å². The molecule has 0 bridgehead atoms. The Bertz CT molecular complexity index is 783. The highest BCUT2D eigenvalue weighted by Gasteiger charge is 2.34. The maximum Gasteiger partial charge on any atom is 0.231 e. The fraction of sp³-hybridized carbons (Fsp3) is 0.278. The molecule has 2 aliphatic rings. The van der Waals surface area contributed by atoms with Crippen LogP contribution in [0.15, 0.2) is 30.3 Å². The highest BCUT2D eigenvalue weighted by atomic mass is 16.7. The predicted molar refractivity (Wildman–Crippen MR) is 82.7 cm³/mol. The van der Waals surface area contributed by atoms with Gasteiger partial charge in [0.25, 0.3) is 0 Å². The minimum absolute atomic E-state index is 0.120. The number of benzene rings is 2. The number of carbonyl (C=O) groups is 1. The minimum Gasteiger partial charge on any atom is -0.493 e. The zero-order valence-electron chi connectivity index (χ0n) is 12.9. The third kappa shape index (κ3) is 2.11. The van der Waals surface area contributed by atoms with Crippen LogP contribution in [0.5, 0.6) is 23.0 Å². The zero-order chi connectivity index (χ0) is 16.0. The Hall–Kier alpha value is -2.69. The Kier molecular flexibility index (Phi) is 3.15. The van der Waals surface area contributed by atoms with E-state index in [2.05, 4.69) is 6.92 Å². The first-order valence-electron chi connectivity index (χ1n) is 7.44. The van der Waals surface area contributed by atoms with E-state index in [0.29, 0.717) is 22.8 Å². The van der Waals surface area contributed by atoms with Crippen molar-refractivity contribution in [3.05, 3.63) is 47.0 Å². The molecule has 4 rings (SSSR count). The molecular weight excluding hydrogens is 296 g/mol. The van der Waals surface area contributed by atoms with Gasteiger partial charge in [-0.05, 0) is 30.3 Å². The highest BCUT2D eigenvalue weighted by Crippen LogP contribution is 2.50. The molecule has 0 saturated carbocycles. The van der Waals surface area contributed by atoms with Crippen LogP contribution in [0.1, 0.15) is 40.4 Å². The van der Waals surface area contributed by atoms with E-state index in [9.17, 15) is 4.79 Å². The van der Waals surface area contributed by atoms with E-state index in [-0.39, 0.29) is 18.8 Å². The number of hydrogen-bond donors (Lipinski definition) is 0. The monoisotopic (exact) mass is 312 g/mol. The van der Waals surface area contributed by atoms with Crippen molar-refractivity contribution in [2.24, 2.45) is 0 Å². The van der Waals surface area contributed by atoms with Gasteiger partial charge in [0.05, 0.1) is 7.11 Å². The lowest BCUT2D eigenvalue weighted by atomic mass is 9.92. The molecule has 2 heterocycles. The second kappa shape index (κ2) is 5.19. The summed E-state index contributed by atoms with van der Waals surface area (Å²) in [6, 6.07) is 9.35. The largest absolute Gasteiger partial charge is 0.493 e. The van der Waals surface area contributed by atoms with Crippen LogP contribution in [0.4, 0.5) is 0 Å². The Labute approximate surface area is 133 Å². The van der Waals surface area contributed by atoms with Crippen LogP contribution in [0.2, 0.25) is 0 Å². The van der Waals surface area contributed by atoms with Gasteiger partial charge in [-0.2, -0.15) is 0 Å². The molecule has 2 aliphatic heterocycles. The standard InChI is InChI=1S/C18H16O5/c1-10-13-5-11(8-19)3-4-14(13)23-17(10)12-6-15(20-2)18-16(7-12)21-9-22-18/h3-8,10,17H,9H2,1-2H3/t10-,17-/m0/s1. The summed E-state index contributed by atoms with van der Waals surface area (Å²) >= 11 is 0. The van der Waals surface area contributed by atoms with Crippen molar-refractivity contribution < 1.29 is 23.7 Å². The summed E-state index contributed by atoms with van der Waals surface area (Å²) < 4.78 is 22.4. The molecule has 0 saturated heterocycles. The lowest BCUT2D eigenvalue weighted by Gasteiger charge is -2.17. The van der Waals surface area contributed by atoms with Crippen molar-refractivity contribution >= 4 is 6.29 Å². The van der Waals surface area contributed by atoms with E-state index < -0.39 is 0 Å². The van der Waals surface area contributed by atoms with Crippen molar-refractivity contribution in [2.75, 3.05) is 13.9 Å². The molecule has 0 N–H and O–H groups in total. The number of fused-ring (bicyclic) bond motifs is 2. The Balaban J connectivity index is 1.74. The number of hydrogen-bond acceptors (Lipinski definition) is 5. The first-order valence-corrected chi connectivity index (χ1v) is 7.44. The van der Waals surface area contributed by atoms with Gasteiger partial charge in [0.1, 0.15) is 18.1 Å². The Morgan fingerprint density at radius 3 is 2.83 bits per heavy atom. The summed E-state index contributed by atoms with van der Waals surface area (Å²) in [5.41, 5.74) is 2.65. The normalized spacial score (nSPS) is 20.8. The lowest BCUT2D eigenvalue weighted by Crippen LogP contribution is -2.07. The van der Waals surface area contributed by atoms with Gasteiger partial charge >= 0.3 is 0 Å². The van der Waals surface area contributed by atoms with Crippen molar-refractivity contribution in [2.45, 2.75) is 18.9 Å². The molecule has 0 fully saturated rings.